The van der Waals surface area contributed by atoms with Crippen molar-refractivity contribution in [2.24, 2.45) is 5.92 Å². The van der Waals surface area contributed by atoms with Gasteiger partial charge in [-0.15, -0.1) is 0 Å². The van der Waals surface area contributed by atoms with E-state index in [4.69, 9.17) is 23.2 Å². The molecule has 9 heteroatoms. The number of nitrogens with zero attached hydrogens (tertiary/aromatic N) is 3. The molecule has 1 fully saturated rings. The summed E-state index contributed by atoms with van der Waals surface area (Å²) in [6.07, 6.45) is 1.90. The maximum Gasteiger partial charge on any atom is 0.288 e. The van der Waals surface area contributed by atoms with Crippen molar-refractivity contribution in [2.45, 2.75) is 33.0 Å². The summed E-state index contributed by atoms with van der Waals surface area (Å²) in [7, 11) is -2.99. The molecule has 1 atom stereocenters. The maximum absolute atomic E-state index is 12.1. The highest BCUT2D eigenvalue weighted by atomic mass is 35.5. The quantitative estimate of drug-likeness (QED) is 0.790. The molecule has 1 aromatic rings. The molecule has 1 saturated heterocycles. The number of sulfone groups is 1. The first kappa shape index (κ1) is 17.7. The van der Waals surface area contributed by atoms with Gasteiger partial charge in [-0.25, -0.2) is 13.1 Å². The minimum atomic E-state index is -2.99. The largest absolute Gasteiger partial charge is 0.288 e. The van der Waals surface area contributed by atoms with Gasteiger partial charge in [0, 0.05) is 12.6 Å². The second-order valence-corrected chi connectivity index (χ2v) is 8.99. The van der Waals surface area contributed by atoms with E-state index in [1.165, 1.54) is 10.9 Å². The van der Waals surface area contributed by atoms with Crippen LogP contribution in [0, 0.1) is 5.92 Å². The zero-order chi connectivity index (χ0) is 16.5. The fourth-order valence-electron chi connectivity index (χ4n) is 2.57. The molecule has 0 N–H and O–H groups in total. The van der Waals surface area contributed by atoms with Crippen molar-refractivity contribution >= 4 is 33.0 Å². The molecule has 0 amide bonds. The van der Waals surface area contributed by atoms with Gasteiger partial charge in [-0.3, -0.25) is 9.69 Å². The molecule has 0 spiro atoms. The maximum atomic E-state index is 12.1. The fourth-order valence-corrected chi connectivity index (χ4v) is 4.60. The smallest absolute Gasteiger partial charge is 0.280 e. The van der Waals surface area contributed by atoms with E-state index in [9.17, 15) is 13.2 Å². The lowest BCUT2D eigenvalue weighted by Gasteiger charge is -2.29. The number of rotatable bonds is 5. The lowest BCUT2D eigenvalue weighted by atomic mass is 10.1. The number of aromatic nitrogens is 2. The number of hydrogen-bond donors (Lipinski definition) is 0. The van der Waals surface area contributed by atoms with Gasteiger partial charge in [-0.2, -0.15) is 5.10 Å². The van der Waals surface area contributed by atoms with Crippen LogP contribution in [0.3, 0.4) is 0 Å². The molecule has 2 heterocycles. The average molecular weight is 368 g/mol. The molecule has 6 nitrogen and oxygen atoms in total. The Morgan fingerprint density at radius 2 is 2.14 bits per heavy atom. The minimum Gasteiger partial charge on any atom is -0.280 e. The van der Waals surface area contributed by atoms with Crippen LogP contribution in [0.1, 0.15) is 20.3 Å². The number of hydrogen-bond acceptors (Lipinski definition) is 5. The van der Waals surface area contributed by atoms with Crippen LogP contribution < -0.4 is 5.56 Å². The predicted molar refractivity (Wildman–Crippen MR) is 87.1 cm³/mol. The molecule has 0 aliphatic carbocycles. The van der Waals surface area contributed by atoms with Gasteiger partial charge in [-0.05, 0) is 12.3 Å². The van der Waals surface area contributed by atoms with Gasteiger partial charge in [0.15, 0.2) is 9.84 Å². The Morgan fingerprint density at radius 1 is 1.45 bits per heavy atom. The molecule has 124 valence electrons. The highest BCUT2D eigenvalue weighted by Gasteiger charge is 2.32. The van der Waals surface area contributed by atoms with E-state index in [0.29, 0.717) is 18.9 Å². The minimum absolute atomic E-state index is 0.0693. The molecule has 2 rings (SSSR count). The molecule has 0 bridgehead atoms. The standard InChI is InChI=1S/C13H19Cl2N3O3S/c1-9(2)6-17(10-3-4-22(20,21)7-10)8-18-13(19)12(15)11(14)5-16-18/h5,9-10H,3-4,6-8H2,1-2H3. The van der Waals surface area contributed by atoms with E-state index >= 15 is 0 Å². The van der Waals surface area contributed by atoms with Crippen LogP contribution >= 0.6 is 23.2 Å². The van der Waals surface area contributed by atoms with Gasteiger partial charge >= 0.3 is 0 Å². The number of halogens is 2. The molecule has 1 aromatic heterocycles. The summed E-state index contributed by atoms with van der Waals surface area (Å²) in [5.74, 6) is 0.646. The van der Waals surface area contributed by atoms with Crippen molar-refractivity contribution in [3.8, 4) is 0 Å². The molecule has 1 unspecified atom stereocenters. The second kappa shape index (κ2) is 6.86. The van der Waals surface area contributed by atoms with Crippen molar-refractivity contribution in [1.82, 2.24) is 14.7 Å². The van der Waals surface area contributed by atoms with Gasteiger partial charge in [0.1, 0.15) is 5.02 Å². The molecule has 22 heavy (non-hydrogen) atoms. The third-order valence-corrected chi connectivity index (χ3v) is 6.08. The Labute approximate surface area is 139 Å². The fraction of sp³-hybridized carbons (Fsp3) is 0.692. The van der Waals surface area contributed by atoms with Crippen molar-refractivity contribution in [3.63, 3.8) is 0 Å². The lowest BCUT2D eigenvalue weighted by molar-refractivity contribution is 0.135. The molecule has 1 aliphatic rings. The summed E-state index contributed by atoms with van der Waals surface area (Å²) in [4.78, 5) is 14.1. The van der Waals surface area contributed by atoms with E-state index in [1.807, 2.05) is 18.7 Å². The van der Waals surface area contributed by atoms with Crippen LogP contribution in [0.4, 0.5) is 0 Å². The highest BCUT2D eigenvalue weighted by molar-refractivity contribution is 7.91. The highest BCUT2D eigenvalue weighted by Crippen LogP contribution is 2.20. The first-order chi connectivity index (χ1) is 10.2. The lowest BCUT2D eigenvalue weighted by Crippen LogP contribution is -2.43. The van der Waals surface area contributed by atoms with Crippen molar-refractivity contribution in [3.05, 3.63) is 26.6 Å². The first-order valence-corrected chi connectivity index (χ1v) is 9.63. The van der Waals surface area contributed by atoms with Gasteiger partial charge < -0.3 is 0 Å². The zero-order valence-corrected chi connectivity index (χ0v) is 14.8. The van der Waals surface area contributed by atoms with Gasteiger partial charge in [0.05, 0.1) is 29.4 Å². The third kappa shape index (κ3) is 4.22. The Balaban J connectivity index is 2.24. The zero-order valence-electron chi connectivity index (χ0n) is 12.5. The normalized spacial score (nSPS) is 20.9. The van der Waals surface area contributed by atoms with Crippen LogP contribution in [-0.2, 0) is 16.5 Å². The van der Waals surface area contributed by atoms with Crippen LogP contribution in [0.2, 0.25) is 10.0 Å². The molecule has 0 aromatic carbocycles. The summed E-state index contributed by atoms with van der Waals surface area (Å²) < 4.78 is 24.6. The first-order valence-electron chi connectivity index (χ1n) is 7.05. The summed E-state index contributed by atoms with van der Waals surface area (Å²) in [6, 6.07) is -0.101. The van der Waals surface area contributed by atoms with Crippen LogP contribution in [-0.4, -0.2) is 47.2 Å². The van der Waals surface area contributed by atoms with Crippen LogP contribution in [0.25, 0.3) is 0 Å². The second-order valence-electron chi connectivity index (χ2n) is 5.97. The Hall–Kier alpha value is -0.630. The van der Waals surface area contributed by atoms with Gasteiger partial charge in [0.2, 0.25) is 0 Å². The Kier molecular flexibility index (Phi) is 5.53. The monoisotopic (exact) mass is 367 g/mol. The molecule has 0 saturated carbocycles. The molecule has 0 radical (unpaired) electrons. The predicted octanol–water partition coefficient (Wildman–Crippen LogP) is 1.65. The summed E-state index contributed by atoms with van der Waals surface area (Å²) in [6.45, 7) is 4.96. The SMILES string of the molecule is CC(C)CN(Cn1ncc(Cl)c(Cl)c1=O)C1CCS(=O)(=O)C1. The summed E-state index contributed by atoms with van der Waals surface area (Å²) in [5.41, 5.74) is -0.469. The molecular weight excluding hydrogens is 349 g/mol. The van der Waals surface area contributed by atoms with Gasteiger partial charge in [0.25, 0.3) is 5.56 Å². The Bertz CT molecular complexity index is 703. The third-order valence-electron chi connectivity index (χ3n) is 3.58. The van der Waals surface area contributed by atoms with E-state index < -0.39 is 15.4 Å². The molecule has 1 aliphatic heterocycles. The Morgan fingerprint density at radius 3 is 2.68 bits per heavy atom. The van der Waals surface area contributed by atoms with Crippen molar-refractivity contribution < 1.29 is 8.42 Å². The topological polar surface area (TPSA) is 72.3 Å². The average Bonchev–Trinajstić information content (AvgIpc) is 2.78. The summed E-state index contributed by atoms with van der Waals surface area (Å²) in [5, 5.41) is 4.03. The summed E-state index contributed by atoms with van der Waals surface area (Å²) >= 11 is 11.6. The van der Waals surface area contributed by atoms with E-state index in [0.717, 1.165) is 0 Å². The van der Waals surface area contributed by atoms with Crippen molar-refractivity contribution in [2.75, 3.05) is 18.1 Å². The molecular formula is C13H19Cl2N3O3S. The van der Waals surface area contributed by atoms with E-state index in [-0.39, 0.29) is 34.3 Å². The van der Waals surface area contributed by atoms with Crippen molar-refractivity contribution in [1.29, 1.82) is 0 Å². The van der Waals surface area contributed by atoms with E-state index in [2.05, 4.69) is 5.10 Å². The van der Waals surface area contributed by atoms with Crippen LogP contribution in [0.5, 0.6) is 0 Å². The van der Waals surface area contributed by atoms with E-state index in [1.54, 1.807) is 0 Å². The van der Waals surface area contributed by atoms with Crippen LogP contribution in [0.15, 0.2) is 11.0 Å². The van der Waals surface area contributed by atoms with Gasteiger partial charge in [-0.1, -0.05) is 37.0 Å².